The number of hydrogen-bond acceptors (Lipinski definition) is 9. The van der Waals surface area contributed by atoms with E-state index in [1.807, 2.05) is 44.2 Å². The first-order valence-corrected chi connectivity index (χ1v) is 16.8. The smallest absolute Gasteiger partial charge is 0.338 e. The summed E-state index contributed by atoms with van der Waals surface area (Å²) >= 11 is 11.1. The number of allylic oxidation sites excluding steroid dienone is 1. The van der Waals surface area contributed by atoms with E-state index < -0.39 is 12.0 Å². The molecule has 4 aromatic rings. The van der Waals surface area contributed by atoms with E-state index in [-0.39, 0.29) is 30.5 Å². The summed E-state index contributed by atoms with van der Waals surface area (Å²) in [6.45, 7) is 7.66. The van der Waals surface area contributed by atoms with Crippen molar-refractivity contribution in [3.8, 4) is 23.0 Å². The van der Waals surface area contributed by atoms with Gasteiger partial charge in [0.2, 0.25) is 0 Å². The van der Waals surface area contributed by atoms with E-state index in [4.69, 9.17) is 40.3 Å². The van der Waals surface area contributed by atoms with Crippen LogP contribution >= 0.6 is 38.9 Å². The Kier molecular flexibility index (Phi) is 10.8. The molecule has 1 aromatic heterocycles. The molecule has 3 aromatic carbocycles. The minimum Gasteiger partial charge on any atom is -0.493 e. The van der Waals surface area contributed by atoms with Crippen LogP contribution in [0.15, 0.2) is 80.1 Å². The maximum atomic E-state index is 14.3. The van der Waals surface area contributed by atoms with Crippen molar-refractivity contribution in [1.82, 2.24) is 4.57 Å². The lowest BCUT2D eigenvalue weighted by Gasteiger charge is -2.25. The zero-order valence-corrected chi connectivity index (χ0v) is 29.9. The molecule has 0 bridgehead atoms. The summed E-state index contributed by atoms with van der Waals surface area (Å²) in [5, 5.41) is 0.576. The number of methoxy groups -OCH3 is 2. The first kappa shape index (κ1) is 34.3. The lowest BCUT2D eigenvalue weighted by Crippen LogP contribution is -2.40. The van der Waals surface area contributed by atoms with Gasteiger partial charge in [-0.1, -0.05) is 63.1 Å². The van der Waals surface area contributed by atoms with E-state index in [0.717, 1.165) is 10.0 Å². The summed E-state index contributed by atoms with van der Waals surface area (Å²) in [5.41, 5.74) is 2.41. The van der Waals surface area contributed by atoms with Gasteiger partial charge in [-0.15, -0.1) is 0 Å². The Labute approximate surface area is 289 Å². The van der Waals surface area contributed by atoms with Crippen LogP contribution in [0.2, 0.25) is 5.02 Å². The van der Waals surface area contributed by atoms with E-state index in [9.17, 15) is 9.59 Å². The van der Waals surface area contributed by atoms with Crippen LogP contribution in [0.5, 0.6) is 23.0 Å². The molecule has 0 fully saturated rings. The van der Waals surface area contributed by atoms with Gasteiger partial charge in [-0.3, -0.25) is 9.36 Å². The minimum atomic E-state index is -0.831. The van der Waals surface area contributed by atoms with Crippen LogP contribution in [0.1, 0.15) is 50.4 Å². The lowest BCUT2D eigenvalue weighted by molar-refractivity contribution is -0.139. The molecule has 246 valence electrons. The van der Waals surface area contributed by atoms with Crippen LogP contribution in [0.4, 0.5) is 0 Å². The second-order valence-corrected chi connectivity index (χ2v) is 13.1. The number of carbonyl (C=O) groups excluding carboxylic acids is 1. The van der Waals surface area contributed by atoms with E-state index >= 15 is 0 Å². The molecule has 0 unspecified atom stereocenters. The van der Waals surface area contributed by atoms with Crippen molar-refractivity contribution in [2.24, 2.45) is 4.99 Å². The molecule has 0 amide bonds. The topological polar surface area (TPSA) is 97.6 Å². The molecule has 0 N–H and O–H groups in total. The summed E-state index contributed by atoms with van der Waals surface area (Å²) in [7, 11) is 3.09. The van der Waals surface area contributed by atoms with Crippen LogP contribution in [0, 0.1) is 0 Å². The number of nitrogens with zero attached hydrogens (tertiary/aromatic N) is 2. The third kappa shape index (κ3) is 7.27. The van der Waals surface area contributed by atoms with Crippen molar-refractivity contribution < 1.29 is 28.5 Å². The van der Waals surface area contributed by atoms with E-state index in [1.165, 1.54) is 15.9 Å². The molecule has 0 saturated heterocycles. The van der Waals surface area contributed by atoms with Crippen LogP contribution in [0.25, 0.3) is 6.08 Å². The number of esters is 1. The molecule has 5 rings (SSSR count). The Morgan fingerprint density at radius 2 is 1.83 bits per heavy atom. The summed E-state index contributed by atoms with van der Waals surface area (Å²) in [6, 6.07) is 15.6. The summed E-state index contributed by atoms with van der Waals surface area (Å²) < 4.78 is 31.5. The highest BCUT2D eigenvalue weighted by Gasteiger charge is 2.34. The summed E-state index contributed by atoms with van der Waals surface area (Å²) in [5.74, 6) is 1.37. The number of halogens is 2. The second kappa shape index (κ2) is 14.8. The Morgan fingerprint density at radius 1 is 1.09 bits per heavy atom. The quantitative estimate of drug-likeness (QED) is 0.160. The number of aromatic nitrogens is 1. The van der Waals surface area contributed by atoms with Gasteiger partial charge in [0.15, 0.2) is 27.8 Å². The number of thiazole rings is 1. The first-order chi connectivity index (χ1) is 22.6. The Bertz CT molecular complexity index is 2040. The van der Waals surface area contributed by atoms with Crippen LogP contribution in [-0.4, -0.2) is 37.5 Å². The van der Waals surface area contributed by atoms with Crippen molar-refractivity contribution in [3.05, 3.63) is 112 Å². The largest absolute Gasteiger partial charge is 0.493 e. The molecule has 1 aliphatic rings. The van der Waals surface area contributed by atoms with Gasteiger partial charge < -0.3 is 23.7 Å². The first-order valence-electron chi connectivity index (χ1n) is 14.8. The zero-order valence-electron chi connectivity index (χ0n) is 26.8. The molecule has 2 heterocycles. The monoisotopic (exact) mass is 740 g/mol. The average molecular weight is 742 g/mol. The fraction of sp³-hybridized carbons (Fsp3) is 0.286. The zero-order chi connectivity index (χ0) is 33.8. The molecule has 0 radical (unpaired) electrons. The van der Waals surface area contributed by atoms with Crippen molar-refractivity contribution in [1.29, 1.82) is 0 Å². The van der Waals surface area contributed by atoms with Gasteiger partial charge in [0.1, 0.15) is 6.61 Å². The van der Waals surface area contributed by atoms with E-state index in [0.29, 0.717) is 54.2 Å². The maximum absolute atomic E-state index is 14.3. The molecule has 1 aliphatic heterocycles. The molecular formula is C35H34BrClN2O7S. The molecule has 47 heavy (non-hydrogen) atoms. The van der Waals surface area contributed by atoms with E-state index in [1.54, 1.807) is 58.4 Å². The van der Waals surface area contributed by atoms with E-state index in [2.05, 4.69) is 15.9 Å². The van der Waals surface area contributed by atoms with Crippen LogP contribution < -0.4 is 33.8 Å². The van der Waals surface area contributed by atoms with Crippen molar-refractivity contribution in [2.45, 2.75) is 46.4 Å². The van der Waals surface area contributed by atoms with Crippen molar-refractivity contribution >= 4 is 50.9 Å². The number of ether oxygens (including phenoxy) is 5. The van der Waals surface area contributed by atoms with Crippen LogP contribution in [0.3, 0.4) is 0 Å². The molecule has 1 atom stereocenters. The molecule has 0 saturated carbocycles. The number of benzene rings is 3. The average Bonchev–Trinajstić information content (AvgIpc) is 3.34. The highest BCUT2D eigenvalue weighted by molar-refractivity contribution is 9.10. The predicted molar refractivity (Wildman–Crippen MR) is 186 cm³/mol. The fourth-order valence-electron chi connectivity index (χ4n) is 5.22. The lowest BCUT2D eigenvalue weighted by atomic mass is 9.95. The summed E-state index contributed by atoms with van der Waals surface area (Å²) in [4.78, 5) is 32.8. The van der Waals surface area contributed by atoms with Crippen LogP contribution in [-0.2, 0) is 16.1 Å². The molecular weight excluding hydrogens is 708 g/mol. The van der Waals surface area contributed by atoms with Gasteiger partial charge in [-0.05, 0) is 69.7 Å². The van der Waals surface area contributed by atoms with Gasteiger partial charge in [-0.2, -0.15) is 0 Å². The standard InChI is InChI=1S/C35H34BrClN2O7S/c1-7-44-34(41)30-20(4)38-35-39(31(30)21-12-13-26(46-19(2)3)27(15-21)42-5)33(40)29(47-35)16-23-14-24(36)17-28(43-6)32(23)45-18-22-10-8-9-11-25(22)37/h8-17,19,31H,7,18H2,1-6H3/b29-16+/t31-/m1/s1. The van der Waals surface area contributed by atoms with Gasteiger partial charge in [-0.25, -0.2) is 9.79 Å². The number of fused-ring (bicyclic) bond motifs is 1. The molecule has 9 nitrogen and oxygen atoms in total. The van der Waals surface area contributed by atoms with Gasteiger partial charge in [0.05, 0.1) is 48.8 Å². The highest BCUT2D eigenvalue weighted by Crippen LogP contribution is 2.38. The third-order valence-electron chi connectivity index (χ3n) is 7.27. The highest BCUT2D eigenvalue weighted by atomic mass is 79.9. The molecule has 12 heteroatoms. The maximum Gasteiger partial charge on any atom is 0.338 e. The fourth-order valence-corrected chi connectivity index (χ4v) is 6.90. The number of hydrogen-bond donors (Lipinski definition) is 0. The van der Waals surface area contributed by atoms with Gasteiger partial charge in [0, 0.05) is 20.6 Å². The minimum absolute atomic E-state index is 0.0835. The molecule has 0 spiro atoms. The predicted octanol–water partition coefficient (Wildman–Crippen LogP) is 6.60. The Hall–Kier alpha value is -4.06. The van der Waals surface area contributed by atoms with Crippen molar-refractivity contribution in [2.75, 3.05) is 20.8 Å². The Balaban J connectivity index is 1.68. The number of carbonyl (C=O) groups is 1. The normalized spacial score (nSPS) is 14.5. The van der Waals surface area contributed by atoms with Gasteiger partial charge >= 0.3 is 5.97 Å². The van der Waals surface area contributed by atoms with Crippen molar-refractivity contribution in [3.63, 3.8) is 0 Å². The number of rotatable bonds is 11. The second-order valence-electron chi connectivity index (χ2n) is 10.8. The summed E-state index contributed by atoms with van der Waals surface area (Å²) in [6.07, 6.45) is 1.65. The third-order valence-corrected chi connectivity index (χ3v) is 9.08. The Morgan fingerprint density at radius 3 is 2.51 bits per heavy atom. The molecule has 0 aliphatic carbocycles. The SMILES string of the molecule is CCOC(=O)C1=C(C)N=c2s/c(=C/c3cc(Br)cc(OC)c3OCc3ccccc3Cl)c(=O)n2[C@@H]1c1ccc(OC(C)C)c(OC)c1. The van der Waals surface area contributed by atoms with Gasteiger partial charge in [0.25, 0.3) is 5.56 Å².